The second-order valence-electron chi connectivity index (χ2n) is 7.21. The third kappa shape index (κ3) is 4.42. The van der Waals surface area contributed by atoms with Crippen molar-refractivity contribution in [3.05, 3.63) is 72.3 Å². The minimum Gasteiger partial charge on any atom is -0.321 e. The third-order valence-electron chi connectivity index (χ3n) is 5.10. The van der Waals surface area contributed by atoms with E-state index < -0.39 is 10.0 Å². The first kappa shape index (κ1) is 20.2. The maximum Gasteiger partial charge on any atom is 0.255 e. The molecular formula is C21H23N5O3S. The molecule has 2 aromatic carbocycles. The Kier molecular flexibility index (Phi) is 5.91. The van der Waals surface area contributed by atoms with Gasteiger partial charge in [-0.05, 0) is 42.7 Å². The average molecular weight is 426 g/mol. The van der Waals surface area contributed by atoms with Gasteiger partial charge in [0.05, 0.1) is 12.2 Å². The van der Waals surface area contributed by atoms with Crippen LogP contribution in [0.3, 0.4) is 0 Å². The van der Waals surface area contributed by atoms with Crippen LogP contribution in [-0.2, 0) is 16.6 Å². The van der Waals surface area contributed by atoms with Gasteiger partial charge in [-0.1, -0.05) is 30.7 Å². The van der Waals surface area contributed by atoms with E-state index in [4.69, 9.17) is 0 Å². The lowest BCUT2D eigenvalue weighted by Crippen LogP contribution is -2.36. The lowest BCUT2D eigenvalue weighted by atomic mass is 10.1. The van der Waals surface area contributed by atoms with Crippen molar-refractivity contribution in [2.45, 2.75) is 30.7 Å². The molecule has 3 aromatic rings. The smallest absolute Gasteiger partial charge is 0.255 e. The Morgan fingerprint density at radius 3 is 2.43 bits per heavy atom. The van der Waals surface area contributed by atoms with Crippen molar-refractivity contribution in [1.82, 2.24) is 19.1 Å². The first-order valence-electron chi connectivity index (χ1n) is 9.86. The summed E-state index contributed by atoms with van der Waals surface area (Å²) in [5.41, 5.74) is 1.72. The fraction of sp³-hybridized carbons (Fsp3) is 0.286. The van der Waals surface area contributed by atoms with Crippen LogP contribution in [0.2, 0.25) is 0 Å². The molecule has 0 spiro atoms. The Morgan fingerprint density at radius 2 is 1.73 bits per heavy atom. The summed E-state index contributed by atoms with van der Waals surface area (Å²) >= 11 is 0. The summed E-state index contributed by atoms with van der Waals surface area (Å²) in [6, 6.07) is 13.7. The molecule has 1 saturated heterocycles. The first-order valence-corrected chi connectivity index (χ1v) is 11.3. The van der Waals surface area contributed by atoms with E-state index >= 15 is 0 Å². The van der Waals surface area contributed by atoms with Gasteiger partial charge in [0.2, 0.25) is 10.0 Å². The Hall–Kier alpha value is -3.04. The summed E-state index contributed by atoms with van der Waals surface area (Å²) in [6.45, 7) is 1.58. The number of para-hydroxylation sites is 1. The number of sulfonamides is 1. The lowest BCUT2D eigenvalue weighted by Gasteiger charge is -2.26. The van der Waals surface area contributed by atoms with Crippen LogP contribution >= 0.6 is 0 Å². The molecule has 1 N–H and O–H groups in total. The number of aromatic nitrogens is 3. The summed E-state index contributed by atoms with van der Waals surface area (Å²) in [7, 11) is -3.65. The summed E-state index contributed by atoms with van der Waals surface area (Å²) in [4.78, 5) is 16.8. The van der Waals surface area contributed by atoms with Crippen LogP contribution in [0.5, 0.6) is 0 Å². The van der Waals surface area contributed by atoms with E-state index in [0.29, 0.717) is 30.9 Å². The van der Waals surface area contributed by atoms with Crippen molar-refractivity contribution in [2.24, 2.45) is 0 Å². The number of hydrogen-bond acceptors (Lipinski definition) is 5. The predicted octanol–water partition coefficient (Wildman–Crippen LogP) is 2.75. The van der Waals surface area contributed by atoms with E-state index in [1.54, 1.807) is 47.4 Å². The van der Waals surface area contributed by atoms with Crippen LogP contribution in [0.15, 0.2) is 66.1 Å². The maximum absolute atomic E-state index is 13.1. The molecule has 1 amide bonds. The maximum atomic E-state index is 13.1. The van der Waals surface area contributed by atoms with Gasteiger partial charge in [0.15, 0.2) is 0 Å². The van der Waals surface area contributed by atoms with Crippen LogP contribution in [0.1, 0.15) is 35.2 Å². The fourth-order valence-electron chi connectivity index (χ4n) is 3.50. The van der Waals surface area contributed by atoms with Gasteiger partial charge in [-0.2, -0.15) is 9.40 Å². The molecule has 0 atom stereocenters. The molecule has 1 aliphatic heterocycles. The van der Waals surface area contributed by atoms with Gasteiger partial charge < -0.3 is 5.32 Å². The van der Waals surface area contributed by atoms with Crippen LogP contribution in [-0.4, -0.2) is 46.5 Å². The molecule has 0 saturated carbocycles. The summed E-state index contributed by atoms with van der Waals surface area (Å²) in [5.74, 6) is -0.358. The number of piperidine rings is 1. The fourth-order valence-corrected chi connectivity index (χ4v) is 5.16. The Labute approximate surface area is 175 Å². The van der Waals surface area contributed by atoms with Gasteiger partial charge in [0.1, 0.15) is 17.6 Å². The highest BCUT2D eigenvalue weighted by molar-refractivity contribution is 7.89. The molecule has 30 heavy (non-hydrogen) atoms. The predicted molar refractivity (Wildman–Crippen MR) is 113 cm³/mol. The van der Waals surface area contributed by atoms with E-state index in [-0.39, 0.29) is 10.8 Å². The first-order chi connectivity index (χ1) is 14.5. The number of hydrogen-bond donors (Lipinski definition) is 1. The number of amides is 1. The number of carbonyl (C=O) groups is 1. The quantitative estimate of drug-likeness (QED) is 0.655. The minimum atomic E-state index is -3.65. The lowest BCUT2D eigenvalue weighted by molar-refractivity contribution is 0.102. The monoisotopic (exact) mass is 425 g/mol. The van der Waals surface area contributed by atoms with Gasteiger partial charge in [0.25, 0.3) is 5.91 Å². The van der Waals surface area contributed by atoms with Gasteiger partial charge in [-0.15, -0.1) is 0 Å². The number of nitrogens with one attached hydrogen (secondary N) is 1. The van der Waals surface area contributed by atoms with Gasteiger partial charge in [-0.25, -0.2) is 18.1 Å². The number of rotatable bonds is 6. The standard InChI is InChI=1S/C21H23N5O3S/c27-21(18-10-8-17(9-11-18)14-25-16-22-15-23-25)24-19-6-2-3-7-20(19)30(28,29)26-12-4-1-5-13-26/h2-3,6-11,15-16H,1,4-5,12-14H2,(H,24,27). The van der Waals surface area contributed by atoms with Crippen LogP contribution in [0, 0.1) is 0 Å². The van der Waals surface area contributed by atoms with E-state index in [0.717, 1.165) is 24.8 Å². The topological polar surface area (TPSA) is 97.2 Å². The molecule has 1 aromatic heterocycles. The highest BCUT2D eigenvalue weighted by Gasteiger charge is 2.28. The second-order valence-corrected chi connectivity index (χ2v) is 9.11. The molecule has 0 radical (unpaired) electrons. The molecule has 4 rings (SSSR count). The molecule has 9 heteroatoms. The molecule has 8 nitrogen and oxygen atoms in total. The molecule has 156 valence electrons. The summed E-state index contributed by atoms with van der Waals surface area (Å²) in [5, 5.41) is 6.83. The van der Waals surface area contributed by atoms with Crippen molar-refractivity contribution >= 4 is 21.6 Å². The number of benzene rings is 2. The van der Waals surface area contributed by atoms with E-state index in [1.165, 1.54) is 10.6 Å². The largest absolute Gasteiger partial charge is 0.321 e. The third-order valence-corrected chi connectivity index (χ3v) is 7.05. The molecule has 0 unspecified atom stereocenters. The minimum absolute atomic E-state index is 0.128. The van der Waals surface area contributed by atoms with E-state index in [2.05, 4.69) is 15.4 Å². The highest BCUT2D eigenvalue weighted by atomic mass is 32.2. The average Bonchev–Trinajstić information content (AvgIpc) is 3.28. The zero-order valence-electron chi connectivity index (χ0n) is 16.4. The Morgan fingerprint density at radius 1 is 1.00 bits per heavy atom. The zero-order chi connectivity index (χ0) is 21.0. The Balaban J connectivity index is 1.51. The second kappa shape index (κ2) is 8.76. The van der Waals surface area contributed by atoms with Crippen LogP contribution in [0.25, 0.3) is 0 Å². The van der Waals surface area contributed by atoms with Gasteiger partial charge in [-0.3, -0.25) is 4.79 Å². The zero-order valence-corrected chi connectivity index (χ0v) is 17.3. The molecule has 0 bridgehead atoms. The summed E-state index contributed by atoms with van der Waals surface area (Å²) < 4.78 is 29.4. The number of carbonyl (C=O) groups excluding carboxylic acids is 1. The Bertz CT molecular complexity index is 1110. The summed E-state index contributed by atoms with van der Waals surface area (Å²) in [6.07, 6.45) is 5.85. The van der Waals surface area contributed by atoms with Crippen LogP contribution in [0.4, 0.5) is 5.69 Å². The van der Waals surface area contributed by atoms with Gasteiger partial charge in [0, 0.05) is 18.7 Å². The number of nitrogens with zero attached hydrogens (tertiary/aromatic N) is 4. The molecule has 2 heterocycles. The van der Waals surface area contributed by atoms with Crippen molar-refractivity contribution < 1.29 is 13.2 Å². The molecule has 0 aliphatic carbocycles. The van der Waals surface area contributed by atoms with Crippen LogP contribution < -0.4 is 5.32 Å². The van der Waals surface area contributed by atoms with Crippen molar-refractivity contribution in [3.63, 3.8) is 0 Å². The van der Waals surface area contributed by atoms with Crippen molar-refractivity contribution in [2.75, 3.05) is 18.4 Å². The van der Waals surface area contributed by atoms with E-state index in [1.807, 2.05) is 12.1 Å². The molecular weight excluding hydrogens is 402 g/mol. The molecule has 1 aliphatic rings. The molecule has 1 fully saturated rings. The number of anilines is 1. The van der Waals surface area contributed by atoms with Crippen molar-refractivity contribution in [1.29, 1.82) is 0 Å². The van der Waals surface area contributed by atoms with E-state index in [9.17, 15) is 13.2 Å². The van der Waals surface area contributed by atoms with Crippen molar-refractivity contribution in [3.8, 4) is 0 Å². The normalized spacial score (nSPS) is 15.1. The SMILES string of the molecule is O=C(Nc1ccccc1S(=O)(=O)N1CCCCC1)c1ccc(Cn2cncn2)cc1. The highest BCUT2D eigenvalue weighted by Crippen LogP contribution is 2.27. The van der Waals surface area contributed by atoms with Gasteiger partial charge >= 0.3 is 0 Å².